The smallest absolute Gasteiger partial charge is 0.331 e. The fourth-order valence-electron chi connectivity index (χ4n) is 3.62. The van der Waals surface area contributed by atoms with Gasteiger partial charge in [-0.3, -0.25) is 0 Å². The standard InChI is InChI=1S/C21H28O13/c1-8-14(26)15(27)16(28)21(31-8)34-19-17(29)20(30)32-12(7-22)18(19)33-13(25)5-3-9-2-4-10(23)11(24)6-9/h2-6,8,12,14-24,26-30H,7H2,1H3/b5-3-/t8-,12+,14-,15+,16+,17+,18+,19+,20+,21-/m0/s1. The van der Waals surface area contributed by atoms with Crippen LogP contribution in [-0.4, -0.2) is 115 Å². The number of esters is 1. The lowest BCUT2D eigenvalue weighted by Crippen LogP contribution is -2.64. The topological polar surface area (TPSA) is 216 Å². The molecule has 0 spiro atoms. The van der Waals surface area contributed by atoms with Crippen LogP contribution < -0.4 is 0 Å². The maximum absolute atomic E-state index is 12.4. The highest BCUT2D eigenvalue weighted by atomic mass is 16.7. The summed E-state index contributed by atoms with van der Waals surface area (Å²) in [7, 11) is 0. The predicted octanol–water partition coefficient (Wildman–Crippen LogP) is -2.69. The minimum absolute atomic E-state index is 0.342. The van der Waals surface area contributed by atoms with Crippen LogP contribution in [0.1, 0.15) is 12.5 Å². The van der Waals surface area contributed by atoms with Gasteiger partial charge in [-0.1, -0.05) is 6.07 Å². The average molecular weight is 488 g/mol. The molecule has 0 aromatic heterocycles. The summed E-state index contributed by atoms with van der Waals surface area (Å²) >= 11 is 0. The summed E-state index contributed by atoms with van der Waals surface area (Å²) in [6.07, 6.45) is -13.2. The largest absolute Gasteiger partial charge is 0.504 e. The van der Waals surface area contributed by atoms with E-state index in [1.807, 2.05) is 0 Å². The lowest BCUT2D eigenvalue weighted by molar-refractivity contribution is -0.352. The Bertz CT molecular complexity index is 876. The van der Waals surface area contributed by atoms with Crippen LogP contribution in [0.15, 0.2) is 24.3 Å². The van der Waals surface area contributed by atoms with Crippen LogP contribution in [0.25, 0.3) is 6.08 Å². The van der Waals surface area contributed by atoms with Gasteiger partial charge in [0, 0.05) is 6.08 Å². The highest BCUT2D eigenvalue weighted by Crippen LogP contribution is 2.30. The minimum Gasteiger partial charge on any atom is -0.504 e. The molecule has 13 nitrogen and oxygen atoms in total. The van der Waals surface area contributed by atoms with E-state index in [9.17, 15) is 45.6 Å². The second-order valence-electron chi connectivity index (χ2n) is 8.00. The van der Waals surface area contributed by atoms with Gasteiger partial charge in [0.05, 0.1) is 12.7 Å². The van der Waals surface area contributed by atoms with E-state index in [1.54, 1.807) is 0 Å². The van der Waals surface area contributed by atoms with Gasteiger partial charge in [-0.05, 0) is 30.7 Å². The van der Waals surface area contributed by atoms with E-state index >= 15 is 0 Å². The third-order valence-electron chi connectivity index (χ3n) is 5.58. The molecule has 34 heavy (non-hydrogen) atoms. The first-order chi connectivity index (χ1) is 16.0. The van der Waals surface area contributed by atoms with Gasteiger partial charge in [0.15, 0.2) is 30.2 Å². The van der Waals surface area contributed by atoms with Gasteiger partial charge in [-0.2, -0.15) is 0 Å². The molecule has 1 aromatic rings. The Hall–Kier alpha value is -2.33. The lowest BCUT2D eigenvalue weighted by atomic mass is 9.97. The van der Waals surface area contributed by atoms with Gasteiger partial charge in [0.25, 0.3) is 0 Å². The van der Waals surface area contributed by atoms with Crippen molar-refractivity contribution >= 4 is 12.0 Å². The molecule has 2 aliphatic rings. The minimum atomic E-state index is -1.85. The van der Waals surface area contributed by atoms with E-state index in [4.69, 9.17) is 18.9 Å². The number of aliphatic hydroxyl groups is 6. The number of rotatable bonds is 6. The number of hydrogen-bond acceptors (Lipinski definition) is 13. The number of phenols is 2. The fraction of sp³-hybridized carbons (Fsp3) is 0.571. The Morgan fingerprint density at radius 1 is 0.971 bits per heavy atom. The molecule has 13 heteroatoms. The van der Waals surface area contributed by atoms with E-state index in [-0.39, 0.29) is 5.75 Å². The number of ether oxygens (including phenoxy) is 4. The predicted molar refractivity (Wildman–Crippen MR) is 110 cm³/mol. The first-order valence-electron chi connectivity index (χ1n) is 10.4. The molecule has 2 fully saturated rings. The molecule has 2 saturated heterocycles. The van der Waals surface area contributed by atoms with Gasteiger partial charge in [-0.25, -0.2) is 4.79 Å². The van der Waals surface area contributed by atoms with Crippen LogP contribution in [0.2, 0.25) is 0 Å². The zero-order chi connectivity index (χ0) is 25.2. The number of carbonyl (C=O) groups excluding carboxylic acids is 1. The van der Waals surface area contributed by atoms with Gasteiger partial charge in [-0.15, -0.1) is 0 Å². The van der Waals surface area contributed by atoms with Gasteiger partial charge >= 0.3 is 5.97 Å². The quantitative estimate of drug-likeness (QED) is 0.116. The number of benzene rings is 1. The average Bonchev–Trinajstić information content (AvgIpc) is 2.81. The molecule has 0 amide bonds. The lowest BCUT2D eigenvalue weighted by Gasteiger charge is -2.45. The molecule has 8 N–H and O–H groups in total. The number of carbonyl (C=O) groups is 1. The summed E-state index contributed by atoms with van der Waals surface area (Å²) in [5, 5.41) is 79.0. The molecule has 190 valence electrons. The molecule has 1 aromatic carbocycles. The Morgan fingerprint density at radius 3 is 2.32 bits per heavy atom. The van der Waals surface area contributed by atoms with Gasteiger partial charge < -0.3 is 59.8 Å². The summed E-state index contributed by atoms with van der Waals surface area (Å²) in [5.41, 5.74) is 0.342. The number of aliphatic hydroxyl groups excluding tert-OH is 6. The van der Waals surface area contributed by atoms with Crippen LogP contribution in [0, 0.1) is 0 Å². The molecule has 0 bridgehead atoms. The number of aromatic hydroxyl groups is 2. The zero-order valence-electron chi connectivity index (χ0n) is 18.0. The van der Waals surface area contributed by atoms with Crippen LogP contribution in [-0.2, 0) is 23.7 Å². The van der Waals surface area contributed by atoms with Crippen molar-refractivity contribution in [2.24, 2.45) is 0 Å². The summed E-state index contributed by atoms with van der Waals surface area (Å²) in [5.74, 6) is -1.74. The molecule has 2 heterocycles. The second kappa shape index (κ2) is 10.9. The highest BCUT2D eigenvalue weighted by molar-refractivity contribution is 5.87. The van der Waals surface area contributed by atoms with Gasteiger partial charge in [0.1, 0.15) is 36.6 Å². The maximum atomic E-state index is 12.4. The van der Waals surface area contributed by atoms with Gasteiger partial charge in [0.2, 0.25) is 0 Å². The highest BCUT2D eigenvalue weighted by Gasteiger charge is 2.51. The van der Waals surface area contributed by atoms with Crippen molar-refractivity contribution in [2.75, 3.05) is 6.61 Å². The van der Waals surface area contributed by atoms with Crippen molar-refractivity contribution in [3.8, 4) is 11.5 Å². The summed E-state index contributed by atoms with van der Waals surface area (Å²) < 4.78 is 21.3. The maximum Gasteiger partial charge on any atom is 0.331 e. The first kappa shape index (κ1) is 26.3. The van der Waals surface area contributed by atoms with Crippen molar-refractivity contribution in [3.05, 3.63) is 29.8 Å². The molecular weight excluding hydrogens is 460 g/mol. The second-order valence-corrected chi connectivity index (χ2v) is 8.00. The van der Waals surface area contributed by atoms with E-state index in [1.165, 1.54) is 31.2 Å². The fourth-order valence-corrected chi connectivity index (χ4v) is 3.62. The molecule has 0 aliphatic carbocycles. The van der Waals surface area contributed by atoms with Crippen molar-refractivity contribution < 1.29 is 64.6 Å². The summed E-state index contributed by atoms with van der Waals surface area (Å²) in [4.78, 5) is 12.4. The van der Waals surface area contributed by atoms with Crippen LogP contribution >= 0.6 is 0 Å². The van der Waals surface area contributed by atoms with Crippen molar-refractivity contribution in [3.63, 3.8) is 0 Å². The molecule has 2 aliphatic heterocycles. The third kappa shape index (κ3) is 5.66. The Labute approximate surface area is 193 Å². The normalized spacial score (nSPS) is 38.7. The zero-order valence-corrected chi connectivity index (χ0v) is 18.0. The van der Waals surface area contributed by atoms with Crippen molar-refractivity contribution in [2.45, 2.75) is 68.3 Å². The number of phenolic OH excluding ortho intramolecular Hbond substituents is 2. The third-order valence-corrected chi connectivity index (χ3v) is 5.58. The van der Waals surface area contributed by atoms with Crippen LogP contribution in [0.5, 0.6) is 11.5 Å². The Morgan fingerprint density at radius 2 is 1.68 bits per heavy atom. The van der Waals surface area contributed by atoms with E-state index in [0.717, 1.165) is 6.08 Å². The molecular formula is C21H28O13. The molecule has 0 unspecified atom stereocenters. The SMILES string of the molecule is C[C@@H]1O[C@@H](O[C@@H]2[C@@H](O)[C@H](O)O[C@H](CO)[C@H]2OC(=O)/C=C\c2ccc(O)c(O)c2)[C@H](O)[C@H](O)[C@H]1O. The molecule has 10 atom stereocenters. The Balaban J connectivity index is 1.77. The monoisotopic (exact) mass is 488 g/mol. The van der Waals surface area contributed by atoms with E-state index < -0.39 is 79.7 Å². The van der Waals surface area contributed by atoms with Crippen LogP contribution in [0.4, 0.5) is 0 Å². The molecule has 3 rings (SSSR count). The van der Waals surface area contributed by atoms with Crippen LogP contribution in [0.3, 0.4) is 0 Å². The Kier molecular flexibility index (Phi) is 8.46. The van der Waals surface area contributed by atoms with E-state index in [2.05, 4.69) is 0 Å². The molecule has 0 radical (unpaired) electrons. The van der Waals surface area contributed by atoms with Crippen molar-refractivity contribution in [1.29, 1.82) is 0 Å². The molecule has 0 saturated carbocycles. The number of hydrogen-bond donors (Lipinski definition) is 8. The summed E-state index contributed by atoms with van der Waals surface area (Å²) in [6.45, 7) is 0.661. The van der Waals surface area contributed by atoms with E-state index in [0.29, 0.717) is 5.56 Å². The van der Waals surface area contributed by atoms with Crippen molar-refractivity contribution in [1.82, 2.24) is 0 Å². The summed E-state index contributed by atoms with van der Waals surface area (Å²) in [6, 6.07) is 3.81. The first-order valence-corrected chi connectivity index (χ1v) is 10.4.